The summed E-state index contributed by atoms with van der Waals surface area (Å²) in [6.07, 6.45) is 2.06. The minimum atomic E-state index is -2.98. The molecule has 5 nitrogen and oxygen atoms in total. The van der Waals surface area contributed by atoms with Crippen LogP contribution in [-0.2, 0) is 21.2 Å². The molecule has 94 valence electrons. The zero-order chi connectivity index (χ0) is 12.5. The zero-order valence-corrected chi connectivity index (χ0v) is 10.4. The lowest BCUT2D eigenvalue weighted by molar-refractivity contribution is -0.131. The second kappa shape index (κ2) is 4.52. The fourth-order valence-corrected chi connectivity index (χ4v) is 3.82. The van der Waals surface area contributed by atoms with Crippen molar-refractivity contribution in [3.05, 3.63) is 24.2 Å². The summed E-state index contributed by atoms with van der Waals surface area (Å²) in [4.78, 5) is 13.1. The van der Waals surface area contributed by atoms with Crippen molar-refractivity contribution in [2.45, 2.75) is 25.9 Å². The standard InChI is InChI=1S/C11H15NO4S/c1-9(13)12(7-11-3-2-5-16-11)10-4-6-17(14,15)8-10/h2-3,5,10H,4,6-8H2,1H3. The van der Waals surface area contributed by atoms with Crippen LogP contribution in [0.2, 0.25) is 0 Å². The van der Waals surface area contributed by atoms with Crippen LogP contribution in [0.3, 0.4) is 0 Å². The van der Waals surface area contributed by atoms with Gasteiger partial charge in [0.25, 0.3) is 0 Å². The van der Waals surface area contributed by atoms with E-state index in [0.717, 1.165) is 0 Å². The molecule has 2 heterocycles. The molecule has 0 radical (unpaired) electrons. The van der Waals surface area contributed by atoms with Crippen LogP contribution in [0.4, 0.5) is 0 Å². The molecular weight excluding hydrogens is 242 g/mol. The Kier molecular flexibility index (Phi) is 3.24. The Hall–Kier alpha value is -1.30. The molecule has 0 aromatic carbocycles. The number of hydrogen-bond acceptors (Lipinski definition) is 4. The predicted molar refractivity (Wildman–Crippen MR) is 62.0 cm³/mol. The number of rotatable bonds is 3. The van der Waals surface area contributed by atoms with Crippen molar-refractivity contribution in [3.63, 3.8) is 0 Å². The molecule has 1 fully saturated rings. The van der Waals surface area contributed by atoms with E-state index in [1.54, 1.807) is 23.3 Å². The Morgan fingerprint density at radius 2 is 2.35 bits per heavy atom. The van der Waals surface area contributed by atoms with Crippen LogP contribution >= 0.6 is 0 Å². The molecule has 1 aromatic heterocycles. The highest BCUT2D eigenvalue weighted by atomic mass is 32.2. The SMILES string of the molecule is CC(=O)N(Cc1ccco1)C1CCS(=O)(=O)C1. The highest BCUT2D eigenvalue weighted by Crippen LogP contribution is 2.20. The van der Waals surface area contributed by atoms with Crippen molar-refractivity contribution in [1.29, 1.82) is 0 Å². The van der Waals surface area contributed by atoms with Crippen molar-refractivity contribution >= 4 is 15.7 Å². The van der Waals surface area contributed by atoms with E-state index >= 15 is 0 Å². The van der Waals surface area contributed by atoms with Crippen LogP contribution in [0.1, 0.15) is 19.1 Å². The van der Waals surface area contributed by atoms with Crippen molar-refractivity contribution in [1.82, 2.24) is 4.90 Å². The molecule has 0 saturated carbocycles. The second-order valence-electron chi connectivity index (χ2n) is 4.28. The number of carbonyl (C=O) groups excluding carboxylic acids is 1. The highest BCUT2D eigenvalue weighted by Gasteiger charge is 2.33. The van der Waals surface area contributed by atoms with Crippen LogP contribution in [0, 0.1) is 0 Å². The lowest BCUT2D eigenvalue weighted by Gasteiger charge is -2.25. The minimum Gasteiger partial charge on any atom is -0.467 e. The Morgan fingerprint density at radius 3 is 2.82 bits per heavy atom. The van der Waals surface area contributed by atoms with Gasteiger partial charge in [-0.05, 0) is 18.6 Å². The normalized spacial score (nSPS) is 22.5. The molecular formula is C11H15NO4S. The number of furan rings is 1. The van der Waals surface area contributed by atoms with Crippen LogP contribution in [0.5, 0.6) is 0 Å². The first kappa shape index (κ1) is 12.2. The third kappa shape index (κ3) is 2.88. The molecule has 1 aliphatic heterocycles. The molecule has 1 amide bonds. The molecule has 0 N–H and O–H groups in total. The quantitative estimate of drug-likeness (QED) is 0.803. The molecule has 1 unspecified atom stereocenters. The number of carbonyl (C=O) groups is 1. The lowest BCUT2D eigenvalue weighted by atomic mass is 10.2. The van der Waals surface area contributed by atoms with Gasteiger partial charge in [0.1, 0.15) is 5.76 Å². The second-order valence-corrected chi connectivity index (χ2v) is 6.51. The van der Waals surface area contributed by atoms with Crippen molar-refractivity contribution in [2.75, 3.05) is 11.5 Å². The summed E-state index contributed by atoms with van der Waals surface area (Å²) < 4.78 is 28.0. The molecule has 0 aliphatic carbocycles. The maximum Gasteiger partial charge on any atom is 0.220 e. The largest absolute Gasteiger partial charge is 0.467 e. The van der Waals surface area contributed by atoms with Gasteiger partial charge in [0, 0.05) is 13.0 Å². The Bertz CT molecular complexity index is 492. The minimum absolute atomic E-state index is 0.0628. The van der Waals surface area contributed by atoms with Gasteiger partial charge in [0.15, 0.2) is 9.84 Å². The van der Waals surface area contributed by atoms with E-state index in [2.05, 4.69) is 0 Å². The number of sulfone groups is 1. The van der Waals surface area contributed by atoms with E-state index in [1.807, 2.05) is 0 Å². The molecule has 0 bridgehead atoms. The summed E-state index contributed by atoms with van der Waals surface area (Å²) in [5, 5.41) is 0. The van der Waals surface area contributed by atoms with Gasteiger partial charge >= 0.3 is 0 Å². The van der Waals surface area contributed by atoms with E-state index in [-0.39, 0.29) is 23.5 Å². The summed E-state index contributed by atoms with van der Waals surface area (Å²) in [6, 6.07) is 3.31. The fraction of sp³-hybridized carbons (Fsp3) is 0.545. The van der Waals surface area contributed by atoms with Gasteiger partial charge in [-0.1, -0.05) is 0 Å². The van der Waals surface area contributed by atoms with Gasteiger partial charge in [0.2, 0.25) is 5.91 Å². The molecule has 1 aromatic rings. The van der Waals surface area contributed by atoms with Crippen LogP contribution in [-0.4, -0.2) is 36.8 Å². The summed E-state index contributed by atoms with van der Waals surface area (Å²) >= 11 is 0. The average molecular weight is 257 g/mol. The smallest absolute Gasteiger partial charge is 0.220 e. The third-order valence-corrected chi connectivity index (χ3v) is 4.71. The van der Waals surface area contributed by atoms with E-state index in [1.165, 1.54) is 6.92 Å². The molecule has 17 heavy (non-hydrogen) atoms. The molecule has 6 heteroatoms. The van der Waals surface area contributed by atoms with Crippen LogP contribution < -0.4 is 0 Å². The molecule has 0 spiro atoms. The van der Waals surface area contributed by atoms with Gasteiger partial charge < -0.3 is 9.32 Å². The first-order valence-corrected chi connectivity index (χ1v) is 7.30. The average Bonchev–Trinajstić information content (AvgIpc) is 2.83. The zero-order valence-electron chi connectivity index (χ0n) is 9.63. The van der Waals surface area contributed by atoms with Crippen molar-refractivity contribution in [2.24, 2.45) is 0 Å². The van der Waals surface area contributed by atoms with Gasteiger partial charge in [-0.25, -0.2) is 8.42 Å². The van der Waals surface area contributed by atoms with Crippen LogP contribution in [0.25, 0.3) is 0 Å². The monoisotopic (exact) mass is 257 g/mol. The molecule has 1 saturated heterocycles. The van der Waals surface area contributed by atoms with Crippen LogP contribution in [0.15, 0.2) is 22.8 Å². The van der Waals surface area contributed by atoms with Crippen molar-refractivity contribution in [3.8, 4) is 0 Å². The van der Waals surface area contributed by atoms with Gasteiger partial charge in [-0.2, -0.15) is 0 Å². The Balaban J connectivity index is 2.11. The number of hydrogen-bond donors (Lipinski definition) is 0. The first-order valence-electron chi connectivity index (χ1n) is 5.48. The topological polar surface area (TPSA) is 67.6 Å². The fourth-order valence-electron chi connectivity index (χ4n) is 2.09. The maximum atomic E-state index is 11.6. The first-order chi connectivity index (χ1) is 7.98. The van der Waals surface area contributed by atoms with E-state index in [9.17, 15) is 13.2 Å². The van der Waals surface area contributed by atoms with Gasteiger partial charge in [-0.15, -0.1) is 0 Å². The van der Waals surface area contributed by atoms with E-state index < -0.39 is 9.84 Å². The summed E-state index contributed by atoms with van der Waals surface area (Å²) in [5.41, 5.74) is 0. The lowest BCUT2D eigenvalue weighted by Crippen LogP contribution is -2.39. The maximum absolute atomic E-state index is 11.6. The van der Waals surface area contributed by atoms with E-state index in [0.29, 0.717) is 18.7 Å². The molecule has 1 atom stereocenters. The summed E-state index contributed by atoms with van der Waals surface area (Å²) in [5.74, 6) is 0.778. The number of nitrogens with zero attached hydrogens (tertiary/aromatic N) is 1. The Morgan fingerprint density at radius 1 is 1.59 bits per heavy atom. The Labute approximate surface area is 100 Å². The van der Waals surface area contributed by atoms with Gasteiger partial charge in [0.05, 0.1) is 24.3 Å². The van der Waals surface area contributed by atoms with Crippen molar-refractivity contribution < 1.29 is 17.6 Å². The summed E-state index contributed by atoms with van der Waals surface area (Å²) in [6.45, 7) is 1.79. The summed E-state index contributed by atoms with van der Waals surface area (Å²) in [7, 11) is -2.98. The predicted octanol–water partition coefficient (Wildman–Crippen LogP) is 0.815. The molecule has 1 aliphatic rings. The highest BCUT2D eigenvalue weighted by molar-refractivity contribution is 7.91. The number of amides is 1. The van der Waals surface area contributed by atoms with Gasteiger partial charge in [-0.3, -0.25) is 4.79 Å². The van der Waals surface area contributed by atoms with E-state index in [4.69, 9.17) is 4.42 Å². The molecule has 2 rings (SSSR count). The third-order valence-electron chi connectivity index (χ3n) is 2.96.